The first-order chi connectivity index (χ1) is 9.22. The molecule has 19 heavy (non-hydrogen) atoms. The van der Waals surface area contributed by atoms with Crippen LogP contribution in [0.25, 0.3) is 0 Å². The van der Waals surface area contributed by atoms with Crippen LogP contribution in [0.4, 0.5) is 4.79 Å². The molecule has 1 unspecified atom stereocenters. The Bertz CT molecular complexity index is 480. The summed E-state index contributed by atoms with van der Waals surface area (Å²) in [6, 6.07) is 7.12. The summed E-state index contributed by atoms with van der Waals surface area (Å²) in [5, 5.41) is 5.99. The molecule has 3 nitrogen and oxygen atoms in total. The van der Waals surface area contributed by atoms with Gasteiger partial charge in [-0.15, -0.1) is 0 Å². The number of benzene rings is 1. The van der Waals surface area contributed by atoms with Crippen molar-refractivity contribution in [3.05, 3.63) is 34.9 Å². The molecule has 0 radical (unpaired) electrons. The van der Waals surface area contributed by atoms with Gasteiger partial charge in [0.15, 0.2) is 0 Å². The number of fused-ring (bicyclic) bond motifs is 1. The predicted molar refractivity (Wildman–Crippen MR) is 76.2 cm³/mol. The number of carbonyl (C=O) groups excluding carboxylic acids is 1. The van der Waals surface area contributed by atoms with Crippen molar-refractivity contribution in [2.45, 2.75) is 57.5 Å². The first-order valence-electron chi connectivity index (χ1n) is 7.41. The van der Waals surface area contributed by atoms with Crippen molar-refractivity contribution < 1.29 is 4.79 Å². The lowest BCUT2D eigenvalue weighted by Crippen LogP contribution is -2.38. The van der Waals surface area contributed by atoms with E-state index in [1.807, 2.05) is 0 Å². The molecule has 2 N–H and O–H groups in total. The summed E-state index contributed by atoms with van der Waals surface area (Å²) < 4.78 is 0. The largest absolute Gasteiger partial charge is 0.335 e. The molecule has 102 valence electrons. The third-order valence-electron chi connectivity index (χ3n) is 4.13. The van der Waals surface area contributed by atoms with E-state index in [4.69, 9.17) is 0 Å². The Kier molecular flexibility index (Phi) is 3.45. The highest BCUT2D eigenvalue weighted by Crippen LogP contribution is 2.25. The van der Waals surface area contributed by atoms with Crippen molar-refractivity contribution in [1.82, 2.24) is 10.6 Å². The SMILES string of the molecule is CC(NC(=O)NC1CC1)c1ccc2c(c1)CCCC2. The van der Waals surface area contributed by atoms with Crippen LogP contribution in [0, 0.1) is 0 Å². The van der Waals surface area contributed by atoms with Gasteiger partial charge in [0.05, 0.1) is 6.04 Å². The molecule has 0 bridgehead atoms. The summed E-state index contributed by atoms with van der Waals surface area (Å²) in [5.74, 6) is 0. The molecule has 2 amide bonds. The molecule has 3 heteroatoms. The molecule has 0 saturated heterocycles. The summed E-state index contributed by atoms with van der Waals surface area (Å²) >= 11 is 0. The number of amides is 2. The lowest BCUT2D eigenvalue weighted by atomic mass is 9.89. The van der Waals surface area contributed by atoms with Crippen LogP contribution in [0.15, 0.2) is 18.2 Å². The van der Waals surface area contributed by atoms with Crippen molar-refractivity contribution in [2.75, 3.05) is 0 Å². The van der Waals surface area contributed by atoms with Gasteiger partial charge >= 0.3 is 6.03 Å². The third-order valence-corrected chi connectivity index (χ3v) is 4.13. The molecule has 0 spiro atoms. The highest BCUT2D eigenvalue weighted by Gasteiger charge is 2.24. The molecule has 0 aromatic heterocycles. The number of aryl methyl sites for hydroxylation is 2. The summed E-state index contributed by atoms with van der Waals surface area (Å²) in [5.41, 5.74) is 4.18. The van der Waals surface area contributed by atoms with Crippen LogP contribution in [0.2, 0.25) is 0 Å². The van der Waals surface area contributed by atoms with Crippen LogP contribution >= 0.6 is 0 Å². The summed E-state index contributed by atoms with van der Waals surface area (Å²) in [6.07, 6.45) is 7.25. The fourth-order valence-corrected chi connectivity index (χ4v) is 2.76. The Labute approximate surface area is 114 Å². The van der Waals surface area contributed by atoms with Gasteiger partial charge in [-0.3, -0.25) is 0 Å². The molecule has 0 heterocycles. The number of carbonyl (C=O) groups is 1. The van der Waals surface area contributed by atoms with E-state index >= 15 is 0 Å². The fraction of sp³-hybridized carbons (Fsp3) is 0.562. The van der Waals surface area contributed by atoms with E-state index in [1.165, 1.54) is 42.4 Å². The normalized spacial score (nSPS) is 19.4. The van der Waals surface area contributed by atoms with Crippen molar-refractivity contribution >= 4 is 6.03 Å². The van der Waals surface area contributed by atoms with Crippen LogP contribution in [0.5, 0.6) is 0 Å². The zero-order valence-electron chi connectivity index (χ0n) is 11.5. The summed E-state index contributed by atoms with van der Waals surface area (Å²) in [4.78, 5) is 11.7. The third kappa shape index (κ3) is 3.09. The number of rotatable bonds is 3. The van der Waals surface area contributed by atoms with Gasteiger partial charge in [0.25, 0.3) is 0 Å². The highest BCUT2D eigenvalue weighted by molar-refractivity contribution is 5.75. The van der Waals surface area contributed by atoms with E-state index in [2.05, 4.69) is 35.8 Å². The molecular weight excluding hydrogens is 236 g/mol. The Balaban J connectivity index is 1.65. The lowest BCUT2D eigenvalue weighted by molar-refractivity contribution is 0.237. The maximum absolute atomic E-state index is 11.7. The zero-order valence-corrected chi connectivity index (χ0v) is 11.5. The molecule has 1 atom stereocenters. The van der Waals surface area contributed by atoms with Gasteiger partial charge in [-0.2, -0.15) is 0 Å². The van der Waals surface area contributed by atoms with E-state index < -0.39 is 0 Å². The molecular formula is C16H22N2O. The summed E-state index contributed by atoms with van der Waals surface area (Å²) in [7, 11) is 0. The van der Waals surface area contributed by atoms with E-state index in [-0.39, 0.29) is 12.1 Å². The molecule has 3 rings (SSSR count). The van der Waals surface area contributed by atoms with Crippen LogP contribution in [0.1, 0.15) is 55.3 Å². The Hall–Kier alpha value is -1.51. The van der Waals surface area contributed by atoms with Crippen LogP contribution in [-0.4, -0.2) is 12.1 Å². The second kappa shape index (κ2) is 5.24. The smallest absolute Gasteiger partial charge is 0.315 e. The van der Waals surface area contributed by atoms with E-state index in [1.54, 1.807) is 0 Å². The maximum Gasteiger partial charge on any atom is 0.315 e. The number of hydrogen-bond acceptors (Lipinski definition) is 1. The van der Waals surface area contributed by atoms with Crippen molar-refractivity contribution in [3.63, 3.8) is 0 Å². The second-order valence-electron chi connectivity index (χ2n) is 5.85. The molecule has 2 aliphatic carbocycles. The lowest BCUT2D eigenvalue weighted by Gasteiger charge is -2.20. The Morgan fingerprint density at radius 3 is 2.68 bits per heavy atom. The quantitative estimate of drug-likeness (QED) is 0.859. The van der Waals surface area contributed by atoms with Gasteiger partial charge in [-0.1, -0.05) is 18.2 Å². The van der Waals surface area contributed by atoms with Gasteiger partial charge in [0, 0.05) is 6.04 Å². The van der Waals surface area contributed by atoms with Crippen LogP contribution in [-0.2, 0) is 12.8 Å². The minimum atomic E-state index is -0.0345. The average molecular weight is 258 g/mol. The van der Waals surface area contributed by atoms with Crippen molar-refractivity contribution in [3.8, 4) is 0 Å². The number of hydrogen-bond donors (Lipinski definition) is 2. The van der Waals surface area contributed by atoms with Crippen molar-refractivity contribution in [2.24, 2.45) is 0 Å². The molecule has 0 aliphatic heterocycles. The van der Waals surface area contributed by atoms with E-state index in [0.717, 1.165) is 12.8 Å². The maximum atomic E-state index is 11.7. The first kappa shape index (κ1) is 12.5. The second-order valence-corrected chi connectivity index (χ2v) is 5.85. The summed E-state index contributed by atoms with van der Waals surface area (Å²) in [6.45, 7) is 2.05. The monoisotopic (exact) mass is 258 g/mol. The van der Waals surface area contributed by atoms with Crippen molar-refractivity contribution in [1.29, 1.82) is 0 Å². The van der Waals surface area contributed by atoms with Gasteiger partial charge in [0.1, 0.15) is 0 Å². The van der Waals surface area contributed by atoms with E-state index in [9.17, 15) is 4.79 Å². The molecule has 1 saturated carbocycles. The minimum Gasteiger partial charge on any atom is -0.335 e. The Morgan fingerprint density at radius 1 is 1.21 bits per heavy atom. The van der Waals surface area contributed by atoms with Crippen LogP contribution in [0.3, 0.4) is 0 Å². The van der Waals surface area contributed by atoms with Gasteiger partial charge in [-0.25, -0.2) is 4.79 Å². The standard InChI is InChI=1S/C16H22N2O/c1-11(17-16(19)18-15-8-9-15)13-7-6-12-4-2-3-5-14(12)10-13/h6-7,10-11,15H,2-5,8-9H2,1H3,(H2,17,18,19). The molecule has 2 aliphatic rings. The molecule has 1 aromatic rings. The fourth-order valence-electron chi connectivity index (χ4n) is 2.76. The molecule has 1 aromatic carbocycles. The average Bonchev–Trinajstić information content (AvgIpc) is 3.21. The van der Waals surface area contributed by atoms with Gasteiger partial charge in [-0.05, 0) is 62.1 Å². The zero-order chi connectivity index (χ0) is 13.2. The van der Waals surface area contributed by atoms with Gasteiger partial charge in [0.2, 0.25) is 0 Å². The van der Waals surface area contributed by atoms with Gasteiger partial charge < -0.3 is 10.6 Å². The topological polar surface area (TPSA) is 41.1 Å². The number of urea groups is 1. The highest BCUT2D eigenvalue weighted by atomic mass is 16.2. The minimum absolute atomic E-state index is 0.0345. The Morgan fingerprint density at radius 2 is 1.95 bits per heavy atom. The van der Waals surface area contributed by atoms with Crippen LogP contribution < -0.4 is 10.6 Å². The predicted octanol–water partition coefficient (Wildman–Crippen LogP) is 3.09. The molecule has 1 fully saturated rings. The van der Waals surface area contributed by atoms with E-state index in [0.29, 0.717) is 6.04 Å². The number of nitrogens with one attached hydrogen (secondary N) is 2. The first-order valence-corrected chi connectivity index (χ1v) is 7.41.